The number of rotatable bonds is 6. The topological polar surface area (TPSA) is 75.3 Å². The number of fused-ring (bicyclic) bond motifs is 1. The van der Waals surface area contributed by atoms with Crippen LogP contribution in [0.4, 0.5) is 5.69 Å². The third-order valence-corrected chi connectivity index (χ3v) is 5.80. The van der Waals surface area contributed by atoms with E-state index >= 15 is 0 Å². The average Bonchev–Trinajstić information content (AvgIpc) is 2.67. The van der Waals surface area contributed by atoms with E-state index in [2.05, 4.69) is 10.0 Å². The second-order valence-corrected chi connectivity index (χ2v) is 8.13. The highest BCUT2D eigenvalue weighted by atomic mass is 32.2. The van der Waals surface area contributed by atoms with Crippen LogP contribution in [0.1, 0.15) is 30.6 Å². The first-order valence-electron chi connectivity index (χ1n) is 8.82. The number of benzene rings is 3. The van der Waals surface area contributed by atoms with Gasteiger partial charge in [0.1, 0.15) is 0 Å². The van der Waals surface area contributed by atoms with Gasteiger partial charge in [-0.1, -0.05) is 49.4 Å². The molecule has 1 unspecified atom stereocenters. The minimum atomic E-state index is -3.82. The normalized spacial score (nSPS) is 12.5. The summed E-state index contributed by atoms with van der Waals surface area (Å²) < 4.78 is 28.3. The van der Waals surface area contributed by atoms with Gasteiger partial charge >= 0.3 is 0 Å². The van der Waals surface area contributed by atoms with Gasteiger partial charge in [0.15, 0.2) is 0 Å². The Bertz CT molecular complexity index is 1080. The van der Waals surface area contributed by atoms with Crippen molar-refractivity contribution in [3.05, 3.63) is 72.3 Å². The van der Waals surface area contributed by atoms with Crippen molar-refractivity contribution >= 4 is 32.4 Å². The SMILES string of the molecule is CCC(C)NC(=O)c1ccccc1NS(=O)(=O)c1ccc2ccccc2c1. The van der Waals surface area contributed by atoms with Crippen LogP contribution in [0.15, 0.2) is 71.6 Å². The van der Waals surface area contributed by atoms with Gasteiger partial charge in [0.05, 0.1) is 16.1 Å². The van der Waals surface area contributed by atoms with Crippen molar-refractivity contribution < 1.29 is 13.2 Å². The van der Waals surface area contributed by atoms with E-state index in [0.29, 0.717) is 5.56 Å². The molecule has 3 aromatic carbocycles. The summed E-state index contributed by atoms with van der Waals surface area (Å²) in [6.07, 6.45) is 0.788. The van der Waals surface area contributed by atoms with Crippen LogP contribution in [0.5, 0.6) is 0 Å². The summed E-state index contributed by atoms with van der Waals surface area (Å²) in [5, 5.41) is 4.66. The van der Waals surface area contributed by atoms with Gasteiger partial charge < -0.3 is 5.32 Å². The fraction of sp³-hybridized carbons (Fsp3) is 0.190. The van der Waals surface area contributed by atoms with Gasteiger partial charge in [0, 0.05) is 6.04 Å². The maximum atomic E-state index is 12.9. The monoisotopic (exact) mass is 382 g/mol. The van der Waals surface area contributed by atoms with E-state index < -0.39 is 10.0 Å². The summed E-state index contributed by atoms with van der Waals surface area (Å²) in [5.74, 6) is -0.304. The predicted octanol–water partition coefficient (Wildman–Crippen LogP) is 4.17. The smallest absolute Gasteiger partial charge is 0.261 e. The zero-order chi connectivity index (χ0) is 19.4. The number of carbonyl (C=O) groups is 1. The molecule has 0 spiro atoms. The summed E-state index contributed by atoms with van der Waals surface area (Å²) in [7, 11) is -3.82. The van der Waals surface area contributed by atoms with Crippen molar-refractivity contribution in [2.75, 3.05) is 4.72 Å². The first kappa shape index (κ1) is 18.9. The van der Waals surface area contributed by atoms with Crippen LogP contribution in [0.2, 0.25) is 0 Å². The Balaban J connectivity index is 1.92. The molecular weight excluding hydrogens is 360 g/mol. The van der Waals surface area contributed by atoms with Crippen molar-refractivity contribution in [3.63, 3.8) is 0 Å². The Morgan fingerprint density at radius 1 is 0.963 bits per heavy atom. The Hall–Kier alpha value is -2.86. The molecule has 0 radical (unpaired) electrons. The van der Waals surface area contributed by atoms with Gasteiger partial charge in [-0.25, -0.2) is 8.42 Å². The van der Waals surface area contributed by atoms with E-state index in [1.165, 1.54) is 0 Å². The van der Waals surface area contributed by atoms with Crippen LogP contribution in [0.25, 0.3) is 10.8 Å². The summed E-state index contributed by atoms with van der Waals surface area (Å²) in [5.41, 5.74) is 0.550. The quantitative estimate of drug-likeness (QED) is 0.672. The lowest BCUT2D eigenvalue weighted by molar-refractivity contribution is 0.0940. The number of hydrogen-bond donors (Lipinski definition) is 2. The molecule has 6 heteroatoms. The van der Waals surface area contributed by atoms with E-state index in [4.69, 9.17) is 0 Å². The molecule has 0 bridgehead atoms. The number of carbonyl (C=O) groups excluding carboxylic acids is 1. The molecule has 0 heterocycles. The van der Waals surface area contributed by atoms with Crippen molar-refractivity contribution in [2.24, 2.45) is 0 Å². The summed E-state index contributed by atoms with van der Waals surface area (Å²) >= 11 is 0. The standard InChI is InChI=1S/C21H22N2O3S/c1-3-15(2)22-21(24)19-10-6-7-11-20(19)23-27(25,26)18-13-12-16-8-4-5-9-17(16)14-18/h4-15,23H,3H2,1-2H3,(H,22,24). The first-order chi connectivity index (χ1) is 12.9. The van der Waals surface area contributed by atoms with Gasteiger partial charge in [-0.05, 0) is 48.4 Å². The van der Waals surface area contributed by atoms with Crippen LogP contribution < -0.4 is 10.0 Å². The maximum Gasteiger partial charge on any atom is 0.261 e. The lowest BCUT2D eigenvalue weighted by Gasteiger charge is -2.15. The van der Waals surface area contributed by atoms with E-state index in [0.717, 1.165) is 17.2 Å². The lowest BCUT2D eigenvalue weighted by atomic mass is 10.1. The fourth-order valence-electron chi connectivity index (χ4n) is 2.71. The van der Waals surface area contributed by atoms with Crippen LogP contribution in [-0.4, -0.2) is 20.4 Å². The van der Waals surface area contributed by atoms with Gasteiger partial charge in [-0.2, -0.15) is 0 Å². The molecule has 2 N–H and O–H groups in total. The molecule has 140 valence electrons. The first-order valence-corrected chi connectivity index (χ1v) is 10.3. The Kier molecular flexibility index (Phi) is 5.46. The predicted molar refractivity (Wildman–Crippen MR) is 108 cm³/mol. The van der Waals surface area contributed by atoms with Gasteiger partial charge in [0.2, 0.25) is 0 Å². The third-order valence-electron chi connectivity index (χ3n) is 4.44. The summed E-state index contributed by atoms with van der Waals surface area (Å²) in [4.78, 5) is 12.6. The molecule has 1 amide bonds. The van der Waals surface area contributed by atoms with Crippen molar-refractivity contribution in [2.45, 2.75) is 31.2 Å². The van der Waals surface area contributed by atoms with Crippen LogP contribution in [-0.2, 0) is 10.0 Å². The minimum Gasteiger partial charge on any atom is -0.350 e. The number of sulfonamides is 1. The Morgan fingerprint density at radius 2 is 1.63 bits per heavy atom. The van der Waals surface area contributed by atoms with E-state index in [1.807, 2.05) is 38.1 Å². The molecule has 0 saturated carbocycles. The molecule has 3 rings (SSSR count). The molecule has 1 atom stereocenters. The van der Waals surface area contributed by atoms with Crippen molar-refractivity contribution in [3.8, 4) is 0 Å². The summed E-state index contributed by atoms with van der Waals surface area (Å²) in [6, 6.07) is 19.1. The molecule has 0 fully saturated rings. The zero-order valence-electron chi connectivity index (χ0n) is 15.3. The largest absolute Gasteiger partial charge is 0.350 e. The highest BCUT2D eigenvalue weighted by Crippen LogP contribution is 2.23. The number of hydrogen-bond acceptors (Lipinski definition) is 3. The van der Waals surface area contributed by atoms with Crippen molar-refractivity contribution in [1.82, 2.24) is 5.32 Å². The molecule has 0 aliphatic carbocycles. The molecular formula is C21H22N2O3S. The van der Waals surface area contributed by atoms with Gasteiger partial charge in [-0.15, -0.1) is 0 Å². The molecule has 0 saturated heterocycles. The number of para-hydroxylation sites is 1. The summed E-state index contributed by atoms with van der Waals surface area (Å²) in [6.45, 7) is 3.87. The van der Waals surface area contributed by atoms with Crippen LogP contribution in [0, 0.1) is 0 Å². The molecule has 5 nitrogen and oxygen atoms in total. The van der Waals surface area contributed by atoms with Gasteiger partial charge in [0.25, 0.3) is 15.9 Å². The van der Waals surface area contributed by atoms with E-state index in [9.17, 15) is 13.2 Å². The second kappa shape index (κ2) is 7.80. The Labute approximate surface area is 159 Å². The number of anilines is 1. The number of amides is 1. The molecule has 3 aromatic rings. The van der Waals surface area contributed by atoms with Crippen LogP contribution in [0.3, 0.4) is 0 Å². The van der Waals surface area contributed by atoms with Crippen LogP contribution >= 0.6 is 0 Å². The third kappa shape index (κ3) is 4.28. The minimum absolute atomic E-state index is 0.00245. The second-order valence-electron chi connectivity index (χ2n) is 6.44. The zero-order valence-corrected chi connectivity index (χ0v) is 16.1. The maximum absolute atomic E-state index is 12.9. The fourth-order valence-corrected chi connectivity index (χ4v) is 3.83. The number of nitrogens with one attached hydrogen (secondary N) is 2. The highest BCUT2D eigenvalue weighted by molar-refractivity contribution is 7.92. The van der Waals surface area contributed by atoms with Gasteiger partial charge in [-0.3, -0.25) is 9.52 Å². The van der Waals surface area contributed by atoms with E-state index in [1.54, 1.807) is 42.5 Å². The Morgan fingerprint density at radius 3 is 2.37 bits per heavy atom. The highest BCUT2D eigenvalue weighted by Gasteiger charge is 2.19. The lowest BCUT2D eigenvalue weighted by Crippen LogP contribution is -2.32. The molecule has 0 aliphatic rings. The molecule has 0 aliphatic heterocycles. The molecule has 0 aromatic heterocycles. The van der Waals surface area contributed by atoms with Crippen molar-refractivity contribution in [1.29, 1.82) is 0 Å². The molecule has 27 heavy (non-hydrogen) atoms. The van der Waals surface area contributed by atoms with E-state index in [-0.39, 0.29) is 22.5 Å². The average molecular weight is 382 g/mol.